The molecule has 2 aromatic carbocycles. The van der Waals surface area contributed by atoms with Gasteiger partial charge < -0.3 is 10.0 Å². The van der Waals surface area contributed by atoms with Crippen LogP contribution in [0.4, 0.5) is 0 Å². The quantitative estimate of drug-likeness (QED) is 0.940. The molecule has 1 unspecified atom stereocenters. The van der Waals surface area contributed by atoms with E-state index in [1.165, 1.54) is 4.90 Å². The van der Waals surface area contributed by atoms with Gasteiger partial charge in [0.1, 0.15) is 0 Å². The van der Waals surface area contributed by atoms with Crippen molar-refractivity contribution >= 4 is 11.9 Å². The van der Waals surface area contributed by atoms with E-state index in [1.807, 2.05) is 49.4 Å². The van der Waals surface area contributed by atoms with Crippen LogP contribution in [0.2, 0.25) is 0 Å². The molecule has 0 saturated heterocycles. The van der Waals surface area contributed by atoms with Crippen molar-refractivity contribution in [3.05, 3.63) is 70.8 Å². The minimum absolute atomic E-state index is 0.0987. The van der Waals surface area contributed by atoms with Gasteiger partial charge in [-0.2, -0.15) is 0 Å². The molecule has 0 aliphatic carbocycles. The van der Waals surface area contributed by atoms with E-state index in [1.54, 1.807) is 0 Å². The summed E-state index contributed by atoms with van der Waals surface area (Å²) in [5.41, 5.74) is 4.02. The van der Waals surface area contributed by atoms with E-state index < -0.39 is 12.0 Å². The lowest BCUT2D eigenvalue weighted by Gasteiger charge is -2.34. The molecular weight excluding hydrogens is 302 g/mol. The lowest BCUT2D eigenvalue weighted by Crippen LogP contribution is -2.43. The summed E-state index contributed by atoms with van der Waals surface area (Å²) in [5, 5.41) is 9.63. The van der Waals surface area contributed by atoms with Gasteiger partial charge in [0.2, 0.25) is 5.91 Å². The van der Waals surface area contributed by atoms with Crippen LogP contribution >= 0.6 is 0 Å². The molecule has 2 aromatic rings. The number of carboxylic acid groups (broad SMARTS) is 1. The molecule has 0 bridgehead atoms. The Hall–Kier alpha value is -2.62. The van der Waals surface area contributed by atoms with Crippen molar-refractivity contribution in [2.24, 2.45) is 0 Å². The third-order valence-corrected chi connectivity index (χ3v) is 4.55. The Morgan fingerprint density at radius 3 is 2.71 bits per heavy atom. The summed E-state index contributed by atoms with van der Waals surface area (Å²) in [6, 6.07) is 14.7. The zero-order valence-electron chi connectivity index (χ0n) is 13.7. The van der Waals surface area contributed by atoms with Gasteiger partial charge in [0, 0.05) is 13.0 Å². The van der Waals surface area contributed by atoms with Crippen LogP contribution in [-0.2, 0) is 22.4 Å². The lowest BCUT2D eigenvalue weighted by atomic mass is 9.92. The number of nitrogens with zero attached hydrogens (tertiary/aromatic N) is 1. The van der Waals surface area contributed by atoms with E-state index in [0.717, 1.165) is 22.3 Å². The molecule has 1 heterocycles. The highest BCUT2D eigenvalue weighted by molar-refractivity contribution is 5.85. The average Bonchev–Trinajstić information content (AvgIpc) is 2.58. The van der Waals surface area contributed by atoms with Crippen LogP contribution in [0.25, 0.3) is 0 Å². The molecule has 1 atom stereocenters. The van der Waals surface area contributed by atoms with Crippen LogP contribution in [0.3, 0.4) is 0 Å². The number of aliphatic carboxylic acids is 1. The minimum atomic E-state index is -0.967. The molecule has 1 amide bonds. The summed E-state index contributed by atoms with van der Waals surface area (Å²) in [6.45, 7) is 2.48. The fourth-order valence-corrected chi connectivity index (χ4v) is 3.36. The Kier molecular flexibility index (Phi) is 4.65. The maximum Gasteiger partial charge on any atom is 0.331 e. The summed E-state index contributed by atoms with van der Waals surface area (Å²) in [4.78, 5) is 25.9. The Morgan fingerprint density at radius 2 is 1.96 bits per heavy atom. The van der Waals surface area contributed by atoms with Crippen molar-refractivity contribution in [2.45, 2.75) is 32.2 Å². The van der Waals surface area contributed by atoms with Crippen molar-refractivity contribution in [3.63, 3.8) is 0 Å². The van der Waals surface area contributed by atoms with E-state index in [-0.39, 0.29) is 5.91 Å². The number of rotatable bonds is 4. The number of carbonyl (C=O) groups is 2. The van der Waals surface area contributed by atoms with E-state index >= 15 is 0 Å². The molecule has 24 heavy (non-hydrogen) atoms. The van der Waals surface area contributed by atoms with Crippen molar-refractivity contribution in [2.75, 3.05) is 6.54 Å². The summed E-state index contributed by atoms with van der Waals surface area (Å²) in [5.74, 6) is -1.07. The van der Waals surface area contributed by atoms with E-state index in [2.05, 4.69) is 6.07 Å². The van der Waals surface area contributed by atoms with Crippen molar-refractivity contribution in [3.8, 4) is 0 Å². The van der Waals surface area contributed by atoms with Gasteiger partial charge in [-0.15, -0.1) is 0 Å². The summed E-state index contributed by atoms with van der Waals surface area (Å²) >= 11 is 0. The number of hydrogen-bond donors (Lipinski definition) is 1. The van der Waals surface area contributed by atoms with Crippen molar-refractivity contribution in [1.82, 2.24) is 4.90 Å². The SMILES string of the molecule is Cc1cccc(CCC(=O)N2CCc3ccccc3C2C(=O)O)c1. The molecule has 0 aromatic heterocycles. The lowest BCUT2D eigenvalue weighted by molar-refractivity contribution is -0.151. The molecule has 1 N–H and O–H groups in total. The largest absolute Gasteiger partial charge is 0.479 e. The number of hydrogen-bond acceptors (Lipinski definition) is 2. The molecule has 0 spiro atoms. The smallest absolute Gasteiger partial charge is 0.331 e. The Bertz CT molecular complexity index is 769. The third-order valence-electron chi connectivity index (χ3n) is 4.55. The predicted octanol–water partition coefficient (Wildman–Crippen LogP) is 3.14. The van der Waals surface area contributed by atoms with Gasteiger partial charge in [0.15, 0.2) is 6.04 Å². The second kappa shape index (κ2) is 6.87. The molecule has 4 heteroatoms. The Labute approximate surface area is 141 Å². The maximum atomic E-state index is 12.6. The summed E-state index contributed by atoms with van der Waals surface area (Å²) in [7, 11) is 0. The highest BCUT2D eigenvalue weighted by atomic mass is 16.4. The predicted molar refractivity (Wildman–Crippen MR) is 91.7 cm³/mol. The topological polar surface area (TPSA) is 57.6 Å². The van der Waals surface area contributed by atoms with Crippen LogP contribution in [-0.4, -0.2) is 28.4 Å². The first-order valence-electron chi connectivity index (χ1n) is 8.22. The Balaban J connectivity index is 1.75. The van der Waals surface area contributed by atoms with Gasteiger partial charge in [0.25, 0.3) is 0 Å². The van der Waals surface area contributed by atoms with Gasteiger partial charge in [0.05, 0.1) is 0 Å². The van der Waals surface area contributed by atoms with E-state index in [4.69, 9.17) is 0 Å². The molecular formula is C20H21NO3. The standard InChI is InChI=1S/C20H21NO3/c1-14-5-4-6-15(13-14)9-10-18(22)21-12-11-16-7-2-3-8-17(16)19(21)20(23)24/h2-8,13,19H,9-12H2,1H3,(H,23,24). The molecule has 0 radical (unpaired) electrons. The average molecular weight is 323 g/mol. The van der Waals surface area contributed by atoms with E-state index in [9.17, 15) is 14.7 Å². The number of aryl methyl sites for hydroxylation is 2. The highest BCUT2D eigenvalue weighted by Gasteiger charge is 2.35. The van der Waals surface area contributed by atoms with Crippen LogP contribution in [0.15, 0.2) is 48.5 Å². The number of benzene rings is 2. The van der Waals surface area contributed by atoms with Crippen molar-refractivity contribution < 1.29 is 14.7 Å². The number of amides is 1. The van der Waals surface area contributed by atoms with Gasteiger partial charge in [-0.05, 0) is 36.5 Å². The normalized spacial score (nSPS) is 16.5. The molecule has 3 rings (SSSR count). The molecule has 0 fully saturated rings. The fourth-order valence-electron chi connectivity index (χ4n) is 3.36. The van der Waals surface area contributed by atoms with Crippen molar-refractivity contribution in [1.29, 1.82) is 0 Å². The Morgan fingerprint density at radius 1 is 1.17 bits per heavy atom. The monoisotopic (exact) mass is 323 g/mol. The zero-order valence-corrected chi connectivity index (χ0v) is 13.7. The van der Waals surface area contributed by atoms with Gasteiger partial charge in [-0.25, -0.2) is 4.79 Å². The van der Waals surface area contributed by atoms with Crippen LogP contribution in [0.1, 0.15) is 34.7 Å². The fraction of sp³-hybridized carbons (Fsp3) is 0.300. The number of carbonyl (C=O) groups excluding carboxylic acids is 1. The van der Waals surface area contributed by atoms with Gasteiger partial charge in [-0.1, -0.05) is 54.1 Å². The van der Waals surface area contributed by atoms with Crippen LogP contribution < -0.4 is 0 Å². The molecule has 1 aliphatic rings. The first kappa shape index (κ1) is 16.2. The van der Waals surface area contributed by atoms with Crippen LogP contribution in [0.5, 0.6) is 0 Å². The number of carboxylic acids is 1. The molecule has 4 nitrogen and oxygen atoms in total. The van der Waals surface area contributed by atoms with Crippen LogP contribution in [0, 0.1) is 6.92 Å². The molecule has 124 valence electrons. The maximum absolute atomic E-state index is 12.6. The molecule has 1 aliphatic heterocycles. The second-order valence-electron chi connectivity index (χ2n) is 6.27. The second-order valence-corrected chi connectivity index (χ2v) is 6.27. The minimum Gasteiger partial charge on any atom is -0.479 e. The number of fused-ring (bicyclic) bond motifs is 1. The molecule has 0 saturated carbocycles. The summed E-state index contributed by atoms with van der Waals surface area (Å²) in [6.07, 6.45) is 1.66. The highest BCUT2D eigenvalue weighted by Crippen LogP contribution is 2.30. The summed E-state index contributed by atoms with van der Waals surface area (Å²) < 4.78 is 0. The third kappa shape index (κ3) is 3.32. The van der Waals surface area contributed by atoms with Gasteiger partial charge in [-0.3, -0.25) is 4.79 Å². The van der Waals surface area contributed by atoms with Gasteiger partial charge >= 0.3 is 5.97 Å². The van der Waals surface area contributed by atoms with E-state index in [0.29, 0.717) is 25.8 Å². The first-order valence-corrected chi connectivity index (χ1v) is 8.22. The first-order chi connectivity index (χ1) is 11.6. The zero-order chi connectivity index (χ0) is 17.1.